The fourth-order valence-electron chi connectivity index (χ4n) is 2.56. The normalized spacial score (nSPS) is 22.9. The predicted octanol–water partition coefficient (Wildman–Crippen LogP) is 2.71. The first-order chi connectivity index (χ1) is 9.74. The molecule has 0 saturated heterocycles. The predicted molar refractivity (Wildman–Crippen MR) is 75.1 cm³/mol. The third kappa shape index (κ3) is 2.61. The first kappa shape index (κ1) is 13.0. The lowest BCUT2D eigenvalue weighted by Gasteiger charge is -2.19. The van der Waals surface area contributed by atoms with Crippen LogP contribution in [0.25, 0.3) is 0 Å². The van der Waals surface area contributed by atoms with Crippen molar-refractivity contribution in [3.8, 4) is 11.5 Å². The van der Waals surface area contributed by atoms with Crippen molar-refractivity contribution in [2.45, 2.75) is 32.6 Å². The SMILES string of the molecule is C[C@@H]1CCCCC1=NNC(=O)c1ccc2c(c1)OCO2. The molecular formula is C15H18N2O3. The highest BCUT2D eigenvalue weighted by molar-refractivity contribution is 5.96. The van der Waals surface area contributed by atoms with Gasteiger partial charge in [0, 0.05) is 11.3 Å². The van der Waals surface area contributed by atoms with Crippen molar-refractivity contribution in [3.63, 3.8) is 0 Å². The van der Waals surface area contributed by atoms with Crippen molar-refractivity contribution in [1.29, 1.82) is 0 Å². The fourth-order valence-corrected chi connectivity index (χ4v) is 2.56. The highest BCUT2D eigenvalue weighted by Crippen LogP contribution is 2.32. The van der Waals surface area contributed by atoms with Gasteiger partial charge in [-0.2, -0.15) is 5.10 Å². The summed E-state index contributed by atoms with van der Waals surface area (Å²) in [6, 6.07) is 5.14. The van der Waals surface area contributed by atoms with Crippen molar-refractivity contribution in [2.75, 3.05) is 6.79 Å². The van der Waals surface area contributed by atoms with Gasteiger partial charge in [-0.25, -0.2) is 5.43 Å². The van der Waals surface area contributed by atoms with Crippen LogP contribution in [0.4, 0.5) is 0 Å². The minimum absolute atomic E-state index is 0.209. The summed E-state index contributed by atoms with van der Waals surface area (Å²) in [4.78, 5) is 12.1. The van der Waals surface area contributed by atoms with Gasteiger partial charge in [-0.15, -0.1) is 0 Å². The maximum absolute atomic E-state index is 12.1. The van der Waals surface area contributed by atoms with E-state index in [2.05, 4.69) is 17.5 Å². The number of hydrogen-bond acceptors (Lipinski definition) is 4. The quantitative estimate of drug-likeness (QED) is 0.843. The Bertz CT molecular complexity index is 554. The van der Waals surface area contributed by atoms with Crippen LogP contribution in [0.2, 0.25) is 0 Å². The second-order valence-corrected chi connectivity index (χ2v) is 5.26. The lowest BCUT2D eigenvalue weighted by molar-refractivity contribution is 0.0954. The zero-order valence-electron chi connectivity index (χ0n) is 11.5. The van der Waals surface area contributed by atoms with Gasteiger partial charge in [0.25, 0.3) is 5.91 Å². The minimum atomic E-state index is -0.214. The Morgan fingerprint density at radius 2 is 2.15 bits per heavy atom. The maximum Gasteiger partial charge on any atom is 0.271 e. The van der Waals surface area contributed by atoms with Crippen molar-refractivity contribution < 1.29 is 14.3 Å². The summed E-state index contributed by atoms with van der Waals surface area (Å²) < 4.78 is 10.5. The second-order valence-electron chi connectivity index (χ2n) is 5.26. The molecule has 1 N–H and O–H groups in total. The van der Waals surface area contributed by atoms with Gasteiger partial charge >= 0.3 is 0 Å². The molecule has 0 spiro atoms. The average Bonchev–Trinajstić information content (AvgIpc) is 2.93. The minimum Gasteiger partial charge on any atom is -0.454 e. The Morgan fingerprint density at radius 1 is 1.30 bits per heavy atom. The van der Waals surface area contributed by atoms with Gasteiger partial charge in [-0.1, -0.05) is 13.3 Å². The number of nitrogens with one attached hydrogen (secondary N) is 1. The van der Waals surface area contributed by atoms with Crippen LogP contribution in [0.1, 0.15) is 43.0 Å². The number of rotatable bonds is 2. The second kappa shape index (κ2) is 5.53. The van der Waals surface area contributed by atoms with Gasteiger partial charge in [-0.05, 0) is 43.4 Å². The Balaban J connectivity index is 1.68. The summed E-state index contributed by atoms with van der Waals surface area (Å²) in [7, 11) is 0. The molecule has 1 aromatic carbocycles. The number of ether oxygens (including phenoxy) is 2. The van der Waals surface area contributed by atoms with Gasteiger partial charge in [-0.3, -0.25) is 4.79 Å². The van der Waals surface area contributed by atoms with Crippen LogP contribution in [-0.2, 0) is 0 Å². The smallest absolute Gasteiger partial charge is 0.271 e. The average molecular weight is 274 g/mol. The molecule has 0 aromatic heterocycles. The summed E-state index contributed by atoms with van der Waals surface area (Å²) in [5.74, 6) is 1.53. The molecule has 1 aliphatic heterocycles. The number of hydrazone groups is 1. The molecule has 2 aliphatic rings. The Kier molecular flexibility index (Phi) is 3.58. The summed E-state index contributed by atoms with van der Waals surface area (Å²) in [5, 5.41) is 4.28. The van der Waals surface area contributed by atoms with Crippen molar-refractivity contribution in [1.82, 2.24) is 5.43 Å². The van der Waals surface area contributed by atoms with Crippen LogP contribution in [-0.4, -0.2) is 18.4 Å². The van der Waals surface area contributed by atoms with Crippen LogP contribution in [0.15, 0.2) is 23.3 Å². The highest BCUT2D eigenvalue weighted by atomic mass is 16.7. The van der Waals surface area contributed by atoms with Crippen LogP contribution < -0.4 is 14.9 Å². The Morgan fingerprint density at radius 3 is 3.00 bits per heavy atom. The maximum atomic E-state index is 12.1. The zero-order valence-corrected chi connectivity index (χ0v) is 11.5. The molecule has 5 heteroatoms. The lowest BCUT2D eigenvalue weighted by atomic mass is 9.89. The third-order valence-electron chi connectivity index (χ3n) is 3.82. The Labute approximate surface area is 118 Å². The number of nitrogens with zero attached hydrogens (tertiary/aromatic N) is 1. The summed E-state index contributed by atoms with van der Waals surface area (Å²) in [6.07, 6.45) is 4.53. The number of fused-ring (bicyclic) bond motifs is 1. The number of carbonyl (C=O) groups is 1. The molecule has 0 unspecified atom stereocenters. The van der Waals surface area contributed by atoms with Crippen LogP contribution in [0, 0.1) is 5.92 Å². The number of benzene rings is 1. The standard InChI is InChI=1S/C15H18N2O3/c1-10-4-2-3-5-12(10)16-17-15(18)11-6-7-13-14(8-11)20-9-19-13/h6-8,10H,2-5,9H2,1H3,(H,17,18)/t10-/m1/s1. The Hall–Kier alpha value is -2.04. The summed E-state index contributed by atoms with van der Waals surface area (Å²) >= 11 is 0. The highest BCUT2D eigenvalue weighted by Gasteiger charge is 2.18. The molecule has 1 amide bonds. The van der Waals surface area contributed by atoms with Crippen LogP contribution in [0.3, 0.4) is 0 Å². The van der Waals surface area contributed by atoms with E-state index in [0.29, 0.717) is 23.0 Å². The molecule has 1 saturated carbocycles. The van der Waals surface area contributed by atoms with E-state index in [1.807, 2.05) is 0 Å². The van der Waals surface area contributed by atoms with Crippen molar-refractivity contribution >= 4 is 11.6 Å². The monoisotopic (exact) mass is 274 g/mol. The van der Waals surface area contributed by atoms with Gasteiger partial charge in [0.15, 0.2) is 11.5 Å². The molecule has 106 valence electrons. The largest absolute Gasteiger partial charge is 0.454 e. The van der Waals surface area contributed by atoms with E-state index in [1.54, 1.807) is 18.2 Å². The van der Waals surface area contributed by atoms with Crippen molar-refractivity contribution in [3.05, 3.63) is 23.8 Å². The molecule has 1 aliphatic carbocycles. The van der Waals surface area contributed by atoms with E-state index in [9.17, 15) is 4.79 Å². The van der Waals surface area contributed by atoms with Gasteiger partial charge < -0.3 is 9.47 Å². The number of carbonyl (C=O) groups excluding carboxylic acids is 1. The first-order valence-corrected chi connectivity index (χ1v) is 7.00. The molecule has 1 aromatic rings. The van der Waals surface area contributed by atoms with Crippen LogP contribution in [0.5, 0.6) is 11.5 Å². The molecular weight excluding hydrogens is 256 g/mol. The molecule has 1 atom stereocenters. The zero-order chi connectivity index (χ0) is 13.9. The summed E-state index contributed by atoms with van der Waals surface area (Å²) in [6.45, 7) is 2.37. The number of hydrogen-bond donors (Lipinski definition) is 1. The van der Waals surface area contributed by atoms with E-state index in [0.717, 1.165) is 25.0 Å². The van der Waals surface area contributed by atoms with E-state index in [4.69, 9.17) is 9.47 Å². The first-order valence-electron chi connectivity index (χ1n) is 7.00. The third-order valence-corrected chi connectivity index (χ3v) is 3.82. The molecule has 1 fully saturated rings. The van der Waals surface area contributed by atoms with E-state index in [1.165, 1.54) is 6.42 Å². The topological polar surface area (TPSA) is 59.9 Å². The van der Waals surface area contributed by atoms with Gasteiger partial charge in [0.1, 0.15) is 0 Å². The molecule has 0 radical (unpaired) electrons. The summed E-state index contributed by atoms with van der Waals surface area (Å²) in [5.41, 5.74) is 4.26. The fraction of sp³-hybridized carbons (Fsp3) is 0.467. The molecule has 5 nitrogen and oxygen atoms in total. The van der Waals surface area contributed by atoms with Gasteiger partial charge in [0.2, 0.25) is 6.79 Å². The lowest BCUT2D eigenvalue weighted by Crippen LogP contribution is -2.24. The van der Waals surface area contributed by atoms with Crippen LogP contribution >= 0.6 is 0 Å². The molecule has 1 heterocycles. The van der Waals surface area contributed by atoms with E-state index in [-0.39, 0.29) is 12.7 Å². The van der Waals surface area contributed by atoms with E-state index >= 15 is 0 Å². The van der Waals surface area contributed by atoms with Gasteiger partial charge in [0.05, 0.1) is 0 Å². The van der Waals surface area contributed by atoms with Crippen molar-refractivity contribution in [2.24, 2.45) is 11.0 Å². The molecule has 20 heavy (non-hydrogen) atoms. The molecule has 3 rings (SSSR count). The van der Waals surface area contributed by atoms with E-state index < -0.39 is 0 Å². The molecule has 0 bridgehead atoms. The number of amides is 1.